The molecule has 0 spiro atoms. The zero-order valence-electron chi connectivity index (χ0n) is 18.7. The highest BCUT2D eigenvalue weighted by Gasteiger charge is 2.38. The monoisotopic (exact) mass is 460 g/mol. The Balaban J connectivity index is 1.82. The lowest BCUT2D eigenvalue weighted by molar-refractivity contribution is -0.130. The fourth-order valence-electron chi connectivity index (χ4n) is 3.63. The summed E-state index contributed by atoms with van der Waals surface area (Å²) in [5, 5.41) is 2.26. The van der Waals surface area contributed by atoms with E-state index in [0.717, 1.165) is 12.1 Å². The van der Waals surface area contributed by atoms with Crippen LogP contribution in [0, 0.1) is 11.7 Å². The molecule has 1 aliphatic heterocycles. The number of guanidine groups is 1. The van der Waals surface area contributed by atoms with E-state index in [9.17, 15) is 22.8 Å². The first-order chi connectivity index (χ1) is 15.5. The molecule has 3 N–H and O–H groups in total. The van der Waals surface area contributed by atoms with E-state index in [-0.39, 0.29) is 47.4 Å². The van der Waals surface area contributed by atoms with E-state index in [1.807, 2.05) is 20.8 Å². The summed E-state index contributed by atoms with van der Waals surface area (Å²) in [6.07, 6.45) is -2.72. The number of nitrogens with one attached hydrogen (secondary N) is 1. The third-order valence-corrected chi connectivity index (χ3v) is 5.96. The molecule has 2 atom stereocenters. The number of carbonyl (C=O) groups excluding carboxylic acids is 2. The Morgan fingerprint density at radius 3 is 2.45 bits per heavy atom. The Bertz CT molecular complexity index is 1060. The van der Waals surface area contributed by atoms with Crippen LogP contribution in [0.5, 0.6) is 0 Å². The van der Waals surface area contributed by atoms with Gasteiger partial charge in [0.1, 0.15) is 11.9 Å². The third kappa shape index (κ3) is 5.53. The number of hydrogen-bond donors (Lipinski definition) is 2. The second kappa shape index (κ2) is 9.64. The van der Waals surface area contributed by atoms with Gasteiger partial charge in [0.15, 0.2) is 5.96 Å². The summed E-state index contributed by atoms with van der Waals surface area (Å²) in [5.41, 5.74) is 5.77. The van der Waals surface area contributed by atoms with Gasteiger partial charge in [-0.05, 0) is 42.2 Å². The molecule has 1 aliphatic rings. The molecule has 2 aromatic carbocycles. The third-order valence-electron chi connectivity index (χ3n) is 5.96. The maximum absolute atomic E-state index is 14.3. The maximum Gasteiger partial charge on any atom is 0.262 e. The summed E-state index contributed by atoms with van der Waals surface area (Å²) in [5.74, 6) is -1.77. The van der Waals surface area contributed by atoms with Gasteiger partial charge in [-0.1, -0.05) is 44.2 Å². The van der Waals surface area contributed by atoms with Crippen molar-refractivity contribution in [1.82, 2.24) is 10.2 Å². The van der Waals surface area contributed by atoms with E-state index in [1.54, 1.807) is 18.2 Å². The lowest BCUT2D eigenvalue weighted by atomic mass is 9.84. The second-order valence-electron chi connectivity index (χ2n) is 8.68. The zero-order valence-corrected chi connectivity index (χ0v) is 18.7. The van der Waals surface area contributed by atoms with Gasteiger partial charge < -0.3 is 11.1 Å². The van der Waals surface area contributed by atoms with Gasteiger partial charge in [0.2, 0.25) is 5.91 Å². The van der Waals surface area contributed by atoms with Gasteiger partial charge in [0.05, 0.1) is 18.5 Å². The van der Waals surface area contributed by atoms with Crippen molar-refractivity contribution in [1.29, 1.82) is 0 Å². The van der Waals surface area contributed by atoms with Crippen molar-refractivity contribution in [3.05, 3.63) is 71.0 Å². The van der Waals surface area contributed by atoms with Crippen molar-refractivity contribution in [3.63, 3.8) is 0 Å². The molecule has 0 saturated heterocycles. The molecule has 0 aliphatic carbocycles. The predicted molar refractivity (Wildman–Crippen MR) is 119 cm³/mol. The highest BCUT2D eigenvalue weighted by molar-refractivity contribution is 5.99. The minimum absolute atomic E-state index is 0.0135. The first-order valence-corrected chi connectivity index (χ1v) is 10.6. The largest absolute Gasteiger partial charge is 0.369 e. The number of hydrogen-bond acceptors (Lipinski definition) is 4. The summed E-state index contributed by atoms with van der Waals surface area (Å²) in [4.78, 5) is 31.1. The Kier molecular flexibility index (Phi) is 7.09. The Morgan fingerprint density at radius 2 is 1.88 bits per heavy atom. The highest BCUT2D eigenvalue weighted by atomic mass is 19.3. The van der Waals surface area contributed by atoms with E-state index in [2.05, 4.69) is 10.3 Å². The van der Waals surface area contributed by atoms with Crippen LogP contribution in [0.4, 0.5) is 13.2 Å². The van der Waals surface area contributed by atoms with Crippen molar-refractivity contribution >= 4 is 17.8 Å². The number of rotatable bonds is 7. The lowest BCUT2D eigenvalue weighted by Gasteiger charge is -2.37. The predicted octanol–water partition coefficient (Wildman–Crippen LogP) is 4.02. The van der Waals surface area contributed by atoms with Gasteiger partial charge in [-0.25, -0.2) is 18.2 Å². The average Bonchev–Trinajstić information content (AvgIpc) is 2.74. The second-order valence-corrected chi connectivity index (χ2v) is 8.68. The summed E-state index contributed by atoms with van der Waals surface area (Å²) in [7, 11) is 0. The van der Waals surface area contributed by atoms with Crippen LogP contribution in [0.2, 0.25) is 0 Å². The highest BCUT2D eigenvalue weighted by Crippen LogP contribution is 2.30. The fourth-order valence-corrected chi connectivity index (χ4v) is 3.63. The van der Waals surface area contributed by atoms with Crippen LogP contribution in [0.3, 0.4) is 0 Å². The minimum atomic E-state index is -2.86. The minimum Gasteiger partial charge on any atom is -0.369 e. The van der Waals surface area contributed by atoms with Crippen molar-refractivity contribution in [2.75, 3.05) is 0 Å². The van der Waals surface area contributed by atoms with E-state index in [0.29, 0.717) is 0 Å². The molecule has 0 fully saturated rings. The van der Waals surface area contributed by atoms with Crippen LogP contribution in [0.1, 0.15) is 54.7 Å². The first-order valence-electron chi connectivity index (χ1n) is 10.6. The number of nitrogens with two attached hydrogens (primary N) is 1. The summed E-state index contributed by atoms with van der Waals surface area (Å²) in [6, 6.07) is 9.71. The number of carbonyl (C=O) groups is 2. The van der Waals surface area contributed by atoms with Crippen molar-refractivity contribution < 1.29 is 22.8 Å². The van der Waals surface area contributed by atoms with E-state index in [1.165, 1.54) is 23.1 Å². The summed E-state index contributed by atoms with van der Waals surface area (Å²) >= 11 is 0. The average molecular weight is 461 g/mol. The number of benzene rings is 2. The van der Waals surface area contributed by atoms with Gasteiger partial charge >= 0.3 is 0 Å². The molecule has 6 nitrogen and oxygen atoms in total. The van der Waals surface area contributed by atoms with E-state index in [4.69, 9.17) is 5.73 Å². The molecule has 33 heavy (non-hydrogen) atoms. The molecule has 0 saturated carbocycles. The molecule has 0 aromatic heterocycles. The molecule has 0 unspecified atom stereocenters. The molecular weight excluding hydrogens is 433 g/mol. The smallest absolute Gasteiger partial charge is 0.262 e. The zero-order chi connectivity index (χ0) is 24.3. The van der Waals surface area contributed by atoms with Crippen LogP contribution in [-0.2, 0) is 11.3 Å². The molecule has 1 heterocycles. The standard InChI is InChI=1S/C24H27F3N4O2/c1-14(2)24(3)12-19(32)31(23(28)30-24)13-15-9-17(11-18(25)10-15)22(33)29-20(21(26)27)16-7-5-4-6-8-16/h4-11,14,20-21H,12-13H2,1-3H3,(H2,28,30)(H,29,33)/t20-,24+/m1/s1. The Morgan fingerprint density at radius 1 is 1.21 bits per heavy atom. The quantitative estimate of drug-likeness (QED) is 0.654. The van der Waals surface area contributed by atoms with E-state index >= 15 is 0 Å². The maximum atomic E-state index is 14.3. The Hall–Kier alpha value is -3.36. The van der Waals surface area contributed by atoms with Crippen LogP contribution < -0.4 is 11.1 Å². The molecule has 176 valence electrons. The first kappa shape index (κ1) is 24.3. The van der Waals surface area contributed by atoms with E-state index < -0.39 is 29.7 Å². The normalized spacial score (nSPS) is 19.6. The SMILES string of the molecule is CC(C)[C@]1(C)CC(=O)N(Cc2cc(F)cc(C(=O)N[C@H](c3ccccc3)C(F)F)c2)C(N)=N1. The summed E-state index contributed by atoms with van der Waals surface area (Å²) < 4.78 is 41.4. The molecule has 2 amide bonds. The Labute approximate surface area is 190 Å². The number of nitrogens with zero attached hydrogens (tertiary/aromatic N) is 2. The molecule has 3 rings (SSSR count). The molecule has 0 bridgehead atoms. The van der Waals surface area contributed by atoms with Gasteiger partial charge in [0, 0.05) is 5.56 Å². The number of alkyl halides is 2. The van der Waals surface area contributed by atoms with Gasteiger partial charge in [-0.2, -0.15) is 0 Å². The van der Waals surface area contributed by atoms with Gasteiger partial charge in [-0.3, -0.25) is 14.5 Å². The molecule has 9 heteroatoms. The van der Waals surface area contributed by atoms with Crippen LogP contribution in [-0.4, -0.2) is 34.6 Å². The molecule has 0 radical (unpaired) electrons. The fraction of sp³-hybridized carbons (Fsp3) is 0.375. The molecule has 2 aromatic rings. The van der Waals surface area contributed by atoms with Crippen molar-refractivity contribution in [2.45, 2.75) is 51.7 Å². The molecular formula is C24H27F3N4O2. The van der Waals surface area contributed by atoms with Crippen LogP contribution >= 0.6 is 0 Å². The van der Waals surface area contributed by atoms with Crippen molar-refractivity contribution in [3.8, 4) is 0 Å². The lowest BCUT2D eigenvalue weighted by Crippen LogP contribution is -2.51. The van der Waals surface area contributed by atoms with Crippen molar-refractivity contribution in [2.24, 2.45) is 16.6 Å². The van der Waals surface area contributed by atoms with Gasteiger partial charge in [-0.15, -0.1) is 0 Å². The number of amides is 2. The van der Waals surface area contributed by atoms with Crippen LogP contribution in [0.25, 0.3) is 0 Å². The topological polar surface area (TPSA) is 87.8 Å². The van der Waals surface area contributed by atoms with Crippen LogP contribution in [0.15, 0.2) is 53.5 Å². The number of halogens is 3. The number of aliphatic imine (C=N–C) groups is 1. The summed E-state index contributed by atoms with van der Waals surface area (Å²) in [6.45, 7) is 5.63. The van der Waals surface area contributed by atoms with Gasteiger partial charge in [0.25, 0.3) is 12.3 Å².